The summed E-state index contributed by atoms with van der Waals surface area (Å²) in [6.07, 6.45) is 6.46. The molecule has 0 amide bonds. The van der Waals surface area contributed by atoms with Gasteiger partial charge in [-0.3, -0.25) is 0 Å². The Labute approximate surface area is 88.6 Å². The van der Waals surface area contributed by atoms with Gasteiger partial charge in [-0.05, 0) is 38.0 Å². The molecule has 0 bridgehead atoms. The summed E-state index contributed by atoms with van der Waals surface area (Å²) < 4.78 is 0. The van der Waals surface area contributed by atoms with Gasteiger partial charge in [-0.1, -0.05) is 20.8 Å². The largest absolute Gasteiger partial charge is 0.327 e. The van der Waals surface area contributed by atoms with Crippen LogP contribution in [0.5, 0.6) is 0 Å². The maximum Gasteiger partial charge on any atom is 0.0179 e. The first-order chi connectivity index (χ1) is 6.58. The van der Waals surface area contributed by atoms with Crippen LogP contribution in [0.4, 0.5) is 0 Å². The predicted octanol–water partition coefficient (Wildman–Crippen LogP) is 2.28. The molecule has 1 fully saturated rings. The Morgan fingerprint density at radius 2 is 2.00 bits per heavy atom. The number of hydrogen-bond donors (Lipinski definition) is 2. The lowest BCUT2D eigenvalue weighted by Gasteiger charge is -2.43. The van der Waals surface area contributed by atoms with Crippen LogP contribution in [0.3, 0.4) is 0 Å². The summed E-state index contributed by atoms with van der Waals surface area (Å²) in [6.45, 7) is 7.74. The monoisotopic (exact) mass is 198 g/mol. The fourth-order valence-electron chi connectivity index (χ4n) is 2.30. The molecule has 0 aromatic heterocycles. The van der Waals surface area contributed by atoms with Gasteiger partial charge in [0, 0.05) is 18.1 Å². The van der Waals surface area contributed by atoms with Gasteiger partial charge in [0.15, 0.2) is 0 Å². The van der Waals surface area contributed by atoms with Gasteiger partial charge in [0.25, 0.3) is 0 Å². The van der Waals surface area contributed by atoms with Crippen molar-refractivity contribution in [2.75, 3.05) is 6.54 Å². The summed E-state index contributed by atoms with van der Waals surface area (Å²) >= 11 is 0. The van der Waals surface area contributed by atoms with E-state index in [1.165, 1.54) is 25.7 Å². The van der Waals surface area contributed by atoms with Gasteiger partial charge in [-0.15, -0.1) is 0 Å². The first kappa shape index (κ1) is 12.0. The molecular formula is C12H26N2. The van der Waals surface area contributed by atoms with Crippen LogP contribution in [0, 0.1) is 5.92 Å². The van der Waals surface area contributed by atoms with Crippen molar-refractivity contribution in [2.24, 2.45) is 11.7 Å². The molecule has 0 aromatic carbocycles. The van der Waals surface area contributed by atoms with Crippen LogP contribution < -0.4 is 11.1 Å². The van der Waals surface area contributed by atoms with Crippen LogP contribution >= 0.6 is 0 Å². The lowest BCUT2D eigenvalue weighted by atomic mass is 9.74. The van der Waals surface area contributed by atoms with Crippen molar-refractivity contribution >= 4 is 0 Å². The van der Waals surface area contributed by atoms with Crippen LogP contribution in [0.2, 0.25) is 0 Å². The highest BCUT2D eigenvalue weighted by molar-refractivity contribution is 4.95. The van der Waals surface area contributed by atoms with E-state index < -0.39 is 0 Å². The molecule has 0 heterocycles. The molecular weight excluding hydrogens is 172 g/mol. The SMILES string of the molecule is CCC1(NCC(N)CC(C)C)CCC1. The Morgan fingerprint density at radius 3 is 2.36 bits per heavy atom. The molecule has 2 heteroatoms. The Bertz CT molecular complexity index is 156. The molecule has 1 aliphatic carbocycles. The van der Waals surface area contributed by atoms with E-state index in [1.54, 1.807) is 0 Å². The van der Waals surface area contributed by atoms with Gasteiger partial charge in [0.1, 0.15) is 0 Å². The summed E-state index contributed by atoms with van der Waals surface area (Å²) in [4.78, 5) is 0. The third-order valence-electron chi connectivity index (χ3n) is 3.50. The second-order valence-electron chi connectivity index (χ2n) is 5.26. The maximum absolute atomic E-state index is 6.05. The lowest BCUT2D eigenvalue weighted by Crippen LogP contribution is -2.53. The van der Waals surface area contributed by atoms with E-state index in [0.717, 1.165) is 13.0 Å². The smallest absolute Gasteiger partial charge is 0.0179 e. The minimum Gasteiger partial charge on any atom is -0.327 e. The third kappa shape index (κ3) is 3.25. The van der Waals surface area contributed by atoms with Crippen molar-refractivity contribution < 1.29 is 0 Å². The highest BCUT2D eigenvalue weighted by Gasteiger charge is 2.34. The Hall–Kier alpha value is -0.0800. The standard InChI is InChI=1S/C12H26N2/c1-4-12(6-5-7-12)14-9-11(13)8-10(2)3/h10-11,14H,4-9,13H2,1-3H3. The normalized spacial score (nSPS) is 22.1. The summed E-state index contributed by atoms with van der Waals surface area (Å²) in [7, 11) is 0. The first-order valence-electron chi connectivity index (χ1n) is 6.08. The molecule has 1 atom stereocenters. The Balaban J connectivity index is 2.18. The molecule has 84 valence electrons. The molecule has 0 aromatic rings. The zero-order chi connectivity index (χ0) is 10.6. The molecule has 1 saturated carbocycles. The molecule has 14 heavy (non-hydrogen) atoms. The van der Waals surface area contributed by atoms with E-state index in [0.29, 0.717) is 17.5 Å². The van der Waals surface area contributed by atoms with Gasteiger partial charge < -0.3 is 11.1 Å². The molecule has 0 saturated heterocycles. The average molecular weight is 198 g/mol. The molecule has 2 nitrogen and oxygen atoms in total. The summed E-state index contributed by atoms with van der Waals surface area (Å²) in [5.74, 6) is 0.714. The summed E-state index contributed by atoms with van der Waals surface area (Å²) in [5.41, 5.74) is 6.51. The van der Waals surface area contributed by atoms with Crippen molar-refractivity contribution in [1.82, 2.24) is 5.32 Å². The van der Waals surface area contributed by atoms with Crippen molar-refractivity contribution in [2.45, 2.75) is 64.5 Å². The second kappa shape index (κ2) is 5.13. The van der Waals surface area contributed by atoms with Gasteiger partial charge in [0.05, 0.1) is 0 Å². The molecule has 1 rings (SSSR count). The van der Waals surface area contributed by atoms with Crippen LogP contribution in [0.15, 0.2) is 0 Å². The van der Waals surface area contributed by atoms with Crippen LogP contribution in [0.1, 0.15) is 52.9 Å². The summed E-state index contributed by atoms with van der Waals surface area (Å²) in [6, 6.07) is 0.332. The van der Waals surface area contributed by atoms with E-state index in [1.807, 2.05) is 0 Å². The van der Waals surface area contributed by atoms with Crippen molar-refractivity contribution in [1.29, 1.82) is 0 Å². The Kier molecular flexibility index (Phi) is 4.39. The minimum atomic E-state index is 0.332. The quantitative estimate of drug-likeness (QED) is 0.687. The number of rotatable bonds is 6. The van der Waals surface area contributed by atoms with Crippen molar-refractivity contribution in [3.05, 3.63) is 0 Å². The van der Waals surface area contributed by atoms with Crippen molar-refractivity contribution in [3.63, 3.8) is 0 Å². The van der Waals surface area contributed by atoms with Gasteiger partial charge in [-0.25, -0.2) is 0 Å². The Morgan fingerprint density at radius 1 is 1.36 bits per heavy atom. The van der Waals surface area contributed by atoms with Crippen molar-refractivity contribution in [3.8, 4) is 0 Å². The van der Waals surface area contributed by atoms with Gasteiger partial charge >= 0.3 is 0 Å². The van der Waals surface area contributed by atoms with E-state index in [2.05, 4.69) is 26.1 Å². The highest BCUT2D eigenvalue weighted by atomic mass is 15.0. The fourth-order valence-corrected chi connectivity index (χ4v) is 2.30. The zero-order valence-electron chi connectivity index (χ0n) is 9.97. The van der Waals surface area contributed by atoms with Crippen LogP contribution in [-0.2, 0) is 0 Å². The third-order valence-corrected chi connectivity index (χ3v) is 3.50. The molecule has 0 radical (unpaired) electrons. The van der Waals surface area contributed by atoms with Gasteiger partial charge in [0.2, 0.25) is 0 Å². The molecule has 0 aliphatic heterocycles. The van der Waals surface area contributed by atoms with E-state index in [4.69, 9.17) is 5.73 Å². The average Bonchev–Trinajstić information content (AvgIpc) is 2.01. The topological polar surface area (TPSA) is 38.0 Å². The van der Waals surface area contributed by atoms with Crippen LogP contribution in [0.25, 0.3) is 0 Å². The minimum absolute atomic E-state index is 0.332. The van der Waals surface area contributed by atoms with E-state index in [9.17, 15) is 0 Å². The fraction of sp³-hybridized carbons (Fsp3) is 1.00. The lowest BCUT2D eigenvalue weighted by molar-refractivity contribution is 0.173. The molecule has 0 spiro atoms. The number of nitrogens with one attached hydrogen (secondary N) is 1. The zero-order valence-corrected chi connectivity index (χ0v) is 9.97. The van der Waals surface area contributed by atoms with Crippen LogP contribution in [-0.4, -0.2) is 18.1 Å². The first-order valence-corrected chi connectivity index (χ1v) is 6.08. The molecule has 3 N–H and O–H groups in total. The summed E-state index contributed by atoms with van der Waals surface area (Å²) in [5, 5.41) is 3.66. The van der Waals surface area contributed by atoms with E-state index in [-0.39, 0.29) is 0 Å². The maximum atomic E-state index is 6.05. The number of nitrogens with two attached hydrogens (primary N) is 1. The van der Waals surface area contributed by atoms with Gasteiger partial charge in [-0.2, -0.15) is 0 Å². The predicted molar refractivity (Wildman–Crippen MR) is 62.3 cm³/mol. The number of hydrogen-bond acceptors (Lipinski definition) is 2. The molecule has 1 unspecified atom stereocenters. The second-order valence-corrected chi connectivity index (χ2v) is 5.26. The van der Waals surface area contributed by atoms with E-state index >= 15 is 0 Å². The highest BCUT2D eigenvalue weighted by Crippen LogP contribution is 2.34. The molecule has 1 aliphatic rings.